The van der Waals surface area contributed by atoms with Crippen LogP contribution in [0.2, 0.25) is 0 Å². The predicted molar refractivity (Wildman–Crippen MR) is 75.8 cm³/mol. The number of hydrogen-bond donors (Lipinski definition) is 1. The number of nitro groups is 1. The Labute approximate surface area is 127 Å². The lowest BCUT2D eigenvalue weighted by molar-refractivity contribution is -0.385. The molecule has 0 aromatic heterocycles. The highest BCUT2D eigenvalue weighted by atomic mass is 79.9. The Hall–Kier alpha value is -1.86. The zero-order chi connectivity index (χ0) is 15.6. The quantitative estimate of drug-likeness (QED) is 0.666. The van der Waals surface area contributed by atoms with E-state index in [1.54, 1.807) is 6.07 Å². The van der Waals surface area contributed by atoms with Gasteiger partial charge in [0.25, 0.3) is 5.69 Å². The van der Waals surface area contributed by atoms with Crippen molar-refractivity contribution in [2.24, 2.45) is 0 Å². The van der Waals surface area contributed by atoms with Crippen LogP contribution in [0.25, 0.3) is 0 Å². The number of hydrogen-bond acceptors (Lipinski definition) is 3. The molecule has 0 aliphatic heterocycles. The molecule has 0 aliphatic carbocycles. The lowest BCUT2D eigenvalue weighted by atomic mass is 9.99. The highest BCUT2D eigenvalue weighted by molar-refractivity contribution is 9.10. The summed E-state index contributed by atoms with van der Waals surface area (Å²) in [6.45, 7) is 0. The van der Waals surface area contributed by atoms with Crippen LogP contribution < -0.4 is 0 Å². The van der Waals surface area contributed by atoms with Crippen molar-refractivity contribution in [2.75, 3.05) is 0 Å². The van der Waals surface area contributed by atoms with E-state index in [1.807, 2.05) is 0 Å². The molecule has 1 atom stereocenters. The van der Waals surface area contributed by atoms with Gasteiger partial charge in [-0.25, -0.2) is 8.78 Å². The highest BCUT2D eigenvalue weighted by Crippen LogP contribution is 2.29. The van der Waals surface area contributed by atoms with Crippen LogP contribution in [0.1, 0.15) is 17.2 Å². The third-order valence-electron chi connectivity index (χ3n) is 2.98. The minimum Gasteiger partial charge on any atom is -0.388 e. The van der Waals surface area contributed by atoms with E-state index in [1.165, 1.54) is 18.2 Å². The summed E-state index contributed by atoms with van der Waals surface area (Å²) in [5, 5.41) is 20.9. The molecular formula is C14H10BrF2NO3. The molecular weight excluding hydrogens is 348 g/mol. The van der Waals surface area contributed by atoms with Crippen molar-refractivity contribution in [1.29, 1.82) is 0 Å². The Balaban J connectivity index is 2.35. The minimum atomic E-state index is -1.51. The third kappa shape index (κ3) is 3.43. The number of benzene rings is 2. The zero-order valence-corrected chi connectivity index (χ0v) is 12.2. The van der Waals surface area contributed by atoms with Crippen LogP contribution in [0.3, 0.4) is 0 Å². The van der Waals surface area contributed by atoms with Crippen molar-refractivity contribution in [2.45, 2.75) is 12.5 Å². The van der Waals surface area contributed by atoms with Gasteiger partial charge in [0.2, 0.25) is 0 Å². The summed E-state index contributed by atoms with van der Waals surface area (Å²) in [6.07, 6.45) is -1.77. The van der Waals surface area contributed by atoms with Crippen LogP contribution in [-0.2, 0) is 6.42 Å². The van der Waals surface area contributed by atoms with Crippen molar-refractivity contribution >= 4 is 21.6 Å². The Morgan fingerprint density at radius 2 is 1.81 bits per heavy atom. The van der Waals surface area contributed by atoms with Gasteiger partial charge in [0, 0.05) is 22.5 Å². The van der Waals surface area contributed by atoms with Gasteiger partial charge in [-0.2, -0.15) is 0 Å². The van der Waals surface area contributed by atoms with E-state index in [2.05, 4.69) is 15.9 Å². The maximum Gasteiger partial charge on any atom is 0.272 e. The smallest absolute Gasteiger partial charge is 0.272 e. The van der Waals surface area contributed by atoms with Crippen LogP contribution in [-0.4, -0.2) is 10.0 Å². The molecule has 2 aromatic carbocycles. The van der Waals surface area contributed by atoms with Crippen molar-refractivity contribution in [3.63, 3.8) is 0 Å². The van der Waals surface area contributed by atoms with Gasteiger partial charge < -0.3 is 5.11 Å². The molecule has 0 saturated heterocycles. The summed E-state index contributed by atoms with van der Waals surface area (Å²) >= 11 is 2.94. The first-order valence-corrected chi connectivity index (χ1v) is 6.74. The second-order valence-electron chi connectivity index (χ2n) is 4.39. The average Bonchev–Trinajstić information content (AvgIpc) is 2.37. The van der Waals surface area contributed by atoms with Crippen LogP contribution in [0.4, 0.5) is 14.5 Å². The lowest BCUT2D eigenvalue weighted by Gasteiger charge is -2.13. The topological polar surface area (TPSA) is 63.4 Å². The maximum absolute atomic E-state index is 13.8. The highest BCUT2D eigenvalue weighted by Gasteiger charge is 2.22. The molecule has 0 fully saturated rings. The number of nitrogens with zero attached hydrogens (tertiary/aromatic N) is 1. The van der Waals surface area contributed by atoms with Gasteiger partial charge in [-0.15, -0.1) is 0 Å². The first kappa shape index (κ1) is 15.5. The fourth-order valence-corrected chi connectivity index (χ4v) is 2.45. The van der Waals surface area contributed by atoms with E-state index < -0.39 is 28.2 Å². The molecule has 7 heteroatoms. The maximum atomic E-state index is 13.8. The third-order valence-corrected chi connectivity index (χ3v) is 3.44. The Bertz CT molecular complexity index is 671. The zero-order valence-electron chi connectivity index (χ0n) is 10.6. The summed E-state index contributed by atoms with van der Waals surface area (Å²) in [4.78, 5) is 10.3. The second-order valence-corrected chi connectivity index (χ2v) is 5.30. The molecule has 0 bridgehead atoms. The molecule has 21 heavy (non-hydrogen) atoms. The summed E-state index contributed by atoms with van der Waals surface area (Å²) in [5.41, 5.74) is -0.498. The van der Waals surface area contributed by atoms with Crippen LogP contribution in [0.5, 0.6) is 0 Å². The van der Waals surface area contributed by atoms with Crippen molar-refractivity contribution in [3.05, 3.63) is 73.7 Å². The monoisotopic (exact) mass is 357 g/mol. The van der Waals surface area contributed by atoms with Gasteiger partial charge in [-0.05, 0) is 12.1 Å². The molecule has 110 valence electrons. The van der Waals surface area contributed by atoms with Crippen LogP contribution in [0.15, 0.2) is 40.9 Å². The lowest BCUT2D eigenvalue weighted by Crippen LogP contribution is -2.09. The van der Waals surface area contributed by atoms with Gasteiger partial charge in [-0.3, -0.25) is 10.1 Å². The summed E-state index contributed by atoms with van der Waals surface area (Å²) in [5.74, 6) is -1.82. The van der Waals surface area contributed by atoms with Crippen molar-refractivity contribution in [1.82, 2.24) is 0 Å². The molecule has 1 N–H and O–H groups in total. The fraction of sp³-hybridized carbons (Fsp3) is 0.143. The summed E-state index contributed by atoms with van der Waals surface area (Å²) in [7, 11) is 0. The van der Waals surface area contributed by atoms with Crippen LogP contribution in [0, 0.1) is 21.7 Å². The Morgan fingerprint density at radius 3 is 2.38 bits per heavy atom. The predicted octanol–water partition coefficient (Wildman–Crippen LogP) is 3.91. The van der Waals surface area contributed by atoms with E-state index in [0.29, 0.717) is 0 Å². The Kier molecular flexibility index (Phi) is 4.64. The van der Waals surface area contributed by atoms with Gasteiger partial charge in [-0.1, -0.05) is 34.1 Å². The number of para-hydroxylation sites is 1. The normalized spacial score (nSPS) is 12.2. The molecule has 2 aromatic rings. The number of halogens is 3. The van der Waals surface area contributed by atoms with E-state index in [-0.39, 0.29) is 22.1 Å². The van der Waals surface area contributed by atoms with E-state index in [0.717, 1.165) is 12.1 Å². The molecule has 0 heterocycles. The van der Waals surface area contributed by atoms with Crippen molar-refractivity contribution in [3.8, 4) is 0 Å². The average molecular weight is 358 g/mol. The largest absolute Gasteiger partial charge is 0.388 e. The number of aliphatic hydroxyl groups is 1. The molecule has 0 amide bonds. The molecule has 0 radical (unpaired) electrons. The first-order valence-electron chi connectivity index (χ1n) is 5.95. The molecule has 0 spiro atoms. The molecule has 2 rings (SSSR count). The second kappa shape index (κ2) is 6.28. The number of rotatable bonds is 4. The SMILES string of the molecule is O=[N+]([O-])c1ccccc1CC(O)c1c(F)cc(Br)cc1F. The number of aliphatic hydroxyl groups excluding tert-OH is 1. The van der Waals surface area contributed by atoms with Gasteiger partial charge >= 0.3 is 0 Å². The molecule has 4 nitrogen and oxygen atoms in total. The summed E-state index contributed by atoms with van der Waals surface area (Å²) < 4.78 is 27.7. The summed E-state index contributed by atoms with van der Waals surface area (Å²) in [6, 6.07) is 7.81. The standard InChI is InChI=1S/C14H10BrF2NO3/c15-9-6-10(16)14(11(17)7-9)13(19)5-8-3-1-2-4-12(8)18(20)21/h1-4,6-7,13,19H,5H2. The fourth-order valence-electron chi connectivity index (χ4n) is 2.04. The first-order chi connectivity index (χ1) is 9.90. The van der Waals surface area contributed by atoms with Crippen molar-refractivity contribution < 1.29 is 18.8 Å². The Morgan fingerprint density at radius 1 is 1.24 bits per heavy atom. The van der Waals surface area contributed by atoms with Gasteiger partial charge in [0.15, 0.2) is 0 Å². The van der Waals surface area contributed by atoms with E-state index in [4.69, 9.17) is 0 Å². The number of nitro benzene ring substituents is 1. The van der Waals surface area contributed by atoms with E-state index in [9.17, 15) is 24.0 Å². The minimum absolute atomic E-state index is 0.200. The molecule has 0 aliphatic rings. The van der Waals surface area contributed by atoms with Crippen LogP contribution >= 0.6 is 15.9 Å². The molecule has 1 unspecified atom stereocenters. The van der Waals surface area contributed by atoms with Gasteiger partial charge in [0.05, 0.1) is 16.6 Å². The van der Waals surface area contributed by atoms with Gasteiger partial charge in [0.1, 0.15) is 11.6 Å². The van der Waals surface area contributed by atoms with E-state index >= 15 is 0 Å². The molecule has 0 saturated carbocycles.